The number of fused-ring (bicyclic) bond motifs is 4. The summed E-state index contributed by atoms with van der Waals surface area (Å²) in [6.07, 6.45) is 2.98. The number of amides is 1. The van der Waals surface area contributed by atoms with Crippen LogP contribution in [0.15, 0.2) is 96.8 Å². The highest BCUT2D eigenvalue weighted by Crippen LogP contribution is 2.40. The zero-order valence-electron chi connectivity index (χ0n) is 26.3. The predicted molar refractivity (Wildman–Crippen MR) is 177 cm³/mol. The minimum Gasteiger partial charge on any atom is -0.459 e. The van der Waals surface area contributed by atoms with Gasteiger partial charge in [0.05, 0.1) is 13.2 Å². The van der Waals surface area contributed by atoms with Crippen LogP contribution in [0.2, 0.25) is 0 Å². The van der Waals surface area contributed by atoms with Gasteiger partial charge >= 0.3 is 0 Å². The number of benzene rings is 4. The Bertz CT molecular complexity index is 1810. The maximum absolute atomic E-state index is 14.0. The lowest BCUT2D eigenvalue weighted by molar-refractivity contribution is -0.157. The van der Waals surface area contributed by atoms with E-state index in [2.05, 4.69) is 53.4 Å². The standard InChI is InChI=1S/C39H38N2O6/c42-23-26-5-7-27(8-6-26)24-44-38-21-32(29-10-11-31-18-30-3-1-2-4-33(30)34(31)19-29)20-37(47-38)39(43)41-15-13-40(14-16-41)22-28-9-12-35-36(17-28)46-25-45-35/h1-12,17,19-20,32,38,42H,13-16,18,21-25H2/t32-,38+/m0/s1. The number of hydrogen-bond acceptors (Lipinski definition) is 7. The lowest BCUT2D eigenvalue weighted by Crippen LogP contribution is -2.49. The van der Waals surface area contributed by atoms with Crippen molar-refractivity contribution in [2.45, 2.75) is 44.8 Å². The molecule has 1 fully saturated rings. The highest BCUT2D eigenvalue weighted by molar-refractivity contribution is 5.92. The number of aliphatic hydroxyl groups is 1. The van der Waals surface area contributed by atoms with Crippen LogP contribution in [-0.4, -0.2) is 60.1 Å². The van der Waals surface area contributed by atoms with Crippen molar-refractivity contribution in [1.29, 1.82) is 0 Å². The van der Waals surface area contributed by atoms with Gasteiger partial charge in [0, 0.05) is 45.1 Å². The van der Waals surface area contributed by atoms with Crippen molar-refractivity contribution in [1.82, 2.24) is 9.80 Å². The molecule has 3 aliphatic heterocycles. The van der Waals surface area contributed by atoms with Gasteiger partial charge in [0.1, 0.15) is 0 Å². The average Bonchev–Trinajstić information content (AvgIpc) is 3.75. The predicted octanol–water partition coefficient (Wildman–Crippen LogP) is 5.75. The summed E-state index contributed by atoms with van der Waals surface area (Å²) in [5.41, 5.74) is 9.40. The number of allylic oxidation sites excluding steroid dienone is 1. The van der Waals surface area contributed by atoms with E-state index in [1.54, 1.807) is 0 Å². The van der Waals surface area contributed by atoms with Gasteiger partial charge in [0.25, 0.3) is 5.91 Å². The lowest BCUT2D eigenvalue weighted by Gasteiger charge is -2.36. The number of rotatable bonds is 8. The van der Waals surface area contributed by atoms with E-state index in [0.717, 1.165) is 59.8 Å². The molecule has 47 heavy (non-hydrogen) atoms. The van der Waals surface area contributed by atoms with E-state index in [9.17, 15) is 9.90 Å². The fourth-order valence-corrected chi connectivity index (χ4v) is 7.01. The normalized spacial score (nSPS) is 19.9. The molecule has 0 spiro atoms. The Balaban J connectivity index is 0.984. The van der Waals surface area contributed by atoms with Crippen LogP contribution in [0.1, 0.15) is 45.7 Å². The Morgan fingerprint density at radius 3 is 2.43 bits per heavy atom. The summed E-state index contributed by atoms with van der Waals surface area (Å²) in [6, 6.07) is 29.1. The molecule has 8 heteroatoms. The number of carbonyl (C=O) groups excluding carboxylic acids is 1. The molecule has 8 rings (SSSR count). The molecule has 1 N–H and O–H groups in total. The molecular weight excluding hydrogens is 592 g/mol. The Labute approximate surface area is 274 Å². The van der Waals surface area contributed by atoms with Crippen molar-refractivity contribution in [3.05, 3.63) is 130 Å². The van der Waals surface area contributed by atoms with Crippen molar-refractivity contribution in [3.63, 3.8) is 0 Å². The van der Waals surface area contributed by atoms with E-state index in [-0.39, 0.29) is 25.2 Å². The Morgan fingerprint density at radius 1 is 0.809 bits per heavy atom. The number of carbonyl (C=O) groups is 1. The summed E-state index contributed by atoms with van der Waals surface area (Å²) >= 11 is 0. The Morgan fingerprint density at radius 2 is 1.57 bits per heavy atom. The molecule has 0 unspecified atom stereocenters. The quantitative estimate of drug-likeness (QED) is 0.234. The maximum atomic E-state index is 14.0. The van der Waals surface area contributed by atoms with E-state index in [1.807, 2.05) is 47.4 Å². The average molecular weight is 631 g/mol. The van der Waals surface area contributed by atoms with E-state index in [1.165, 1.54) is 22.3 Å². The van der Waals surface area contributed by atoms with Crippen LogP contribution < -0.4 is 9.47 Å². The lowest BCUT2D eigenvalue weighted by atomic mass is 9.90. The van der Waals surface area contributed by atoms with Gasteiger partial charge in [-0.2, -0.15) is 0 Å². The number of aliphatic hydroxyl groups excluding tert-OH is 1. The van der Waals surface area contributed by atoms with Crippen LogP contribution in [0.5, 0.6) is 11.5 Å². The van der Waals surface area contributed by atoms with E-state index in [4.69, 9.17) is 18.9 Å². The van der Waals surface area contributed by atoms with Gasteiger partial charge in [-0.05, 0) is 69.1 Å². The summed E-state index contributed by atoms with van der Waals surface area (Å²) < 4.78 is 23.6. The molecule has 240 valence electrons. The number of hydrogen-bond donors (Lipinski definition) is 1. The first-order valence-corrected chi connectivity index (χ1v) is 16.4. The van der Waals surface area contributed by atoms with Crippen molar-refractivity contribution < 1.29 is 28.8 Å². The molecule has 0 radical (unpaired) electrons. The number of nitrogens with zero attached hydrogens (tertiary/aromatic N) is 2. The summed E-state index contributed by atoms with van der Waals surface area (Å²) in [7, 11) is 0. The molecular formula is C39H38N2O6. The second kappa shape index (κ2) is 12.9. The monoisotopic (exact) mass is 630 g/mol. The molecule has 8 nitrogen and oxygen atoms in total. The zero-order chi connectivity index (χ0) is 31.7. The van der Waals surface area contributed by atoms with Crippen molar-refractivity contribution in [2.75, 3.05) is 33.0 Å². The fourth-order valence-electron chi connectivity index (χ4n) is 7.01. The summed E-state index contributed by atoms with van der Waals surface area (Å²) in [5.74, 6) is 1.81. The second-order valence-corrected chi connectivity index (χ2v) is 12.7. The van der Waals surface area contributed by atoms with Gasteiger partial charge in [0.2, 0.25) is 13.1 Å². The van der Waals surface area contributed by atoms with Gasteiger partial charge in [-0.1, -0.05) is 72.8 Å². The van der Waals surface area contributed by atoms with Crippen LogP contribution in [0.4, 0.5) is 0 Å². The third-order valence-electron chi connectivity index (χ3n) is 9.66. The second-order valence-electron chi connectivity index (χ2n) is 12.7. The highest BCUT2D eigenvalue weighted by Gasteiger charge is 2.33. The zero-order valence-corrected chi connectivity index (χ0v) is 26.3. The van der Waals surface area contributed by atoms with E-state index in [0.29, 0.717) is 31.9 Å². The summed E-state index contributed by atoms with van der Waals surface area (Å²) in [4.78, 5) is 18.2. The smallest absolute Gasteiger partial charge is 0.288 e. The highest BCUT2D eigenvalue weighted by atomic mass is 16.7. The summed E-state index contributed by atoms with van der Waals surface area (Å²) in [5, 5.41) is 9.41. The number of ether oxygens (including phenoxy) is 4. The third-order valence-corrected chi connectivity index (χ3v) is 9.66. The first-order valence-electron chi connectivity index (χ1n) is 16.4. The van der Waals surface area contributed by atoms with Crippen LogP contribution in [0, 0.1) is 0 Å². The fraction of sp³-hybridized carbons (Fsp3) is 0.308. The van der Waals surface area contributed by atoms with Gasteiger partial charge in [-0.3, -0.25) is 9.69 Å². The Hall–Kier alpha value is -4.63. The van der Waals surface area contributed by atoms with Crippen LogP contribution in [0.25, 0.3) is 11.1 Å². The molecule has 3 heterocycles. The molecule has 2 atom stereocenters. The molecule has 1 amide bonds. The summed E-state index contributed by atoms with van der Waals surface area (Å²) in [6.45, 7) is 4.18. The van der Waals surface area contributed by atoms with Crippen molar-refractivity contribution in [3.8, 4) is 22.6 Å². The molecule has 0 bridgehead atoms. The van der Waals surface area contributed by atoms with Crippen LogP contribution in [0.3, 0.4) is 0 Å². The van der Waals surface area contributed by atoms with E-state index >= 15 is 0 Å². The van der Waals surface area contributed by atoms with Gasteiger partial charge in [-0.15, -0.1) is 0 Å². The van der Waals surface area contributed by atoms with Gasteiger partial charge < -0.3 is 29.0 Å². The molecule has 0 saturated carbocycles. The molecule has 1 saturated heterocycles. The minimum absolute atomic E-state index is 0.00273. The first kappa shape index (κ1) is 29.8. The SMILES string of the molecule is O=C(C1=C[C@H](c2ccc3c(c2)-c2ccccc2C3)C[C@H](OCc2ccc(CO)cc2)O1)N1CCN(Cc2ccc3c(c2)OCO3)CC1. The molecule has 1 aliphatic carbocycles. The molecule has 4 aromatic carbocycles. The largest absolute Gasteiger partial charge is 0.459 e. The first-order chi connectivity index (χ1) is 23.1. The Kier molecular flexibility index (Phi) is 8.15. The minimum atomic E-state index is -0.575. The van der Waals surface area contributed by atoms with Gasteiger partial charge in [0.15, 0.2) is 17.3 Å². The van der Waals surface area contributed by atoms with Crippen molar-refractivity contribution in [2.24, 2.45) is 0 Å². The van der Waals surface area contributed by atoms with E-state index < -0.39 is 6.29 Å². The molecule has 0 aromatic heterocycles. The molecule has 4 aromatic rings. The number of piperazine rings is 1. The van der Waals surface area contributed by atoms with Gasteiger partial charge in [-0.25, -0.2) is 0 Å². The topological polar surface area (TPSA) is 80.7 Å². The van der Waals surface area contributed by atoms with Crippen LogP contribution in [-0.2, 0) is 40.4 Å². The van der Waals surface area contributed by atoms with Crippen molar-refractivity contribution >= 4 is 5.91 Å². The third kappa shape index (κ3) is 6.24. The van der Waals surface area contributed by atoms with Crippen LogP contribution >= 0.6 is 0 Å². The maximum Gasteiger partial charge on any atom is 0.288 e. The molecule has 4 aliphatic rings.